The molecule has 0 aromatic carbocycles. The van der Waals surface area contributed by atoms with E-state index in [0.29, 0.717) is 6.04 Å². The first-order valence-electron chi connectivity index (χ1n) is 3.54. The van der Waals surface area contributed by atoms with Crippen LogP contribution in [0.2, 0.25) is 0 Å². The molecule has 1 heterocycles. The number of aryl methyl sites for hydroxylation is 1. The van der Waals surface area contributed by atoms with Crippen molar-refractivity contribution in [2.24, 2.45) is 5.73 Å². The van der Waals surface area contributed by atoms with Crippen LogP contribution in [0.3, 0.4) is 0 Å². The minimum atomic E-state index is 0.356. The van der Waals surface area contributed by atoms with E-state index in [2.05, 4.69) is 9.75 Å². The topological polar surface area (TPSA) is 38.9 Å². The maximum atomic E-state index is 5.77. The Kier molecular flexibility index (Phi) is 1.47. The molecule has 0 aliphatic heterocycles. The number of fused-ring (bicyclic) bond motifs is 1. The minimum Gasteiger partial charge on any atom is -0.327 e. The Morgan fingerprint density at radius 1 is 1.70 bits per heavy atom. The van der Waals surface area contributed by atoms with Crippen LogP contribution >= 0.6 is 11.5 Å². The average molecular weight is 154 g/mol. The molecule has 1 aromatic heterocycles. The van der Waals surface area contributed by atoms with E-state index in [4.69, 9.17) is 5.73 Å². The van der Waals surface area contributed by atoms with Crippen LogP contribution in [0, 0.1) is 0 Å². The van der Waals surface area contributed by atoms with Crippen molar-refractivity contribution in [2.45, 2.75) is 25.3 Å². The van der Waals surface area contributed by atoms with Gasteiger partial charge < -0.3 is 5.73 Å². The highest BCUT2D eigenvalue weighted by molar-refractivity contribution is 7.03. The zero-order chi connectivity index (χ0) is 6.97. The van der Waals surface area contributed by atoms with Crippen LogP contribution in [0.1, 0.15) is 17.7 Å². The zero-order valence-electron chi connectivity index (χ0n) is 5.71. The third kappa shape index (κ3) is 0.954. The summed E-state index contributed by atoms with van der Waals surface area (Å²) in [6.07, 6.45) is 3.25. The Labute approximate surface area is 64.2 Å². The van der Waals surface area contributed by atoms with Gasteiger partial charge in [0.1, 0.15) is 0 Å². The fourth-order valence-electron chi connectivity index (χ4n) is 1.34. The van der Waals surface area contributed by atoms with Gasteiger partial charge in [0.15, 0.2) is 0 Å². The number of nitrogens with zero attached hydrogens (tertiary/aromatic N) is 1. The van der Waals surface area contributed by atoms with Gasteiger partial charge in [-0.1, -0.05) is 0 Å². The van der Waals surface area contributed by atoms with E-state index in [1.54, 1.807) is 11.5 Å². The number of nitrogens with two attached hydrogens (primary N) is 1. The van der Waals surface area contributed by atoms with E-state index in [1.165, 1.54) is 11.3 Å². The highest BCUT2D eigenvalue weighted by atomic mass is 32.1. The SMILES string of the molecule is NC1CCc2csnc2C1. The molecule has 1 unspecified atom stereocenters. The number of hydrogen-bond donors (Lipinski definition) is 1. The van der Waals surface area contributed by atoms with E-state index in [9.17, 15) is 0 Å². The van der Waals surface area contributed by atoms with Crippen LogP contribution in [-0.2, 0) is 12.8 Å². The molecule has 2 nitrogen and oxygen atoms in total. The lowest BCUT2D eigenvalue weighted by molar-refractivity contribution is 0.571. The molecule has 54 valence electrons. The van der Waals surface area contributed by atoms with Crippen molar-refractivity contribution in [3.05, 3.63) is 16.6 Å². The minimum absolute atomic E-state index is 0.356. The lowest BCUT2D eigenvalue weighted by Crippen LogP contribution is -2.27. The molecule has 3 heteroatoms. The normalized spacial score (nSPS) is 24.3. The molecule has 0 saturated heterocycles. The second-order valence-corrected chi connectivity index (χ2v) is 3.42. The largest absolute Gasteiger partial charge is 0.327 e. The van der Waals surface area contributed by atoms with Crippen LogP contribution in [0.25, 0.3) is 0 Å². The Morgan fingerprint density at radius 2 is 2.60 bits per heavy atom. The molecular weight excluding hydrogens is 144 g/mol. The molecule has 1 aliphatic carbocycles. The number of aromatic nitrogens is 1. The fraction of sp³-hybridized carbons (Fsp3) is 0.571. The maximum absolute atomic E-state index is 5.77. The van der Waals surface area contributed by atoms with Gasteiger partial charge in [0, 0.05) is 17.8 Å². The summed E-state index contributed by atoms with van der Waals surface area (Å²) in [5.41, 5.74) is 8.44. The Hall–Kier alpha value is -0.410. The summed E-state index contributed by atoms with van der Waals surface area (Å²) >= 11 is 1.55. The standard InChI is InChI=1S/C7H10N2S/c8-6-2-1-5-4-10-9-7(5)3-6/h4,6H,1-3,8H2. The lowest BCUT2D eigenvalue weighted by Gasteiger charge is -2.15. The third-order valence-corrected chi connectivity index (χ3v) is 2.68. The van der Waals surface area contributed by atoms with Gasteiger partial charge in [-0.3, -0.25) is 0 Å². The highest BCUT2D eigenvalue weighted by Gasteiger charge is 2.16. The lowest BCUT2D eigenvalue weighted by atomic mass is 9.95. The van der Waals surface area contributed by atoms with E-state index in [0.717, 1.165) is 19.3 Å². The summed E-state index contributed by atoms with van der Waals surface area (Å²) in [7, 11) is 0. The summed E-state index contributed by atoms with van der Waals surface area (Å²) in [5.74, 6) is 0. The maximum Gasteiger partial charge on any atom is 0.0589 e. The second kappa shape index (κ2) is 2.32. The first kappa shape index (κ1) is 6.31. The van der Waals surface area contributed by atoms with Crippen molar-refractivity contribution in [2.75, 3.05) is 0 Å². The molecule has 1 atom stereocenters. The van der Waals surface area contributed by atoms with E-state index in [1.807, 2.05) is 0 Å². The molecule has 0 saturated carbocycles. The smallest absolute Gasteiger partial charge is 0.0589 e. The molecule has 0 amide bonds. The van der Waals surface area contributed by atoms with Gasteiger partial charge in [-0.05, 0) is 29.9 Å². The third-order valence-electron chi connectivity index (χ3n) is 1.97. The average Bonchev–Trinajstić information content (AvgIpc) is 2.33. The molecular formula is C7H10N2S. The first-order valence-corrected chi connectivity index (χ1v) is 4.37. The highest BCUT2D eigenvalue weighted by Crippen LogP contribution is 2.20. The van der Waals surface area contributed by atoms with E-state index in [-0.39, 0.29) is 0 Å². The summed E-state index contributed by atoms with van der Waals surface area (Å²) < 4.78 is 4.27. The van der Waals surface area contributed by atoms with Gasteiger partial charge in [0.05, 0.1) is 5.69 Å². The predicted octanol–water partition coefficient (Wildman–Crippen LogP) is 0.959. The monoisotopic (exact) mass is 154 g/mol. The molecule has 0 bridgehead atoms. The summed E-state index contributed by atoms with van der Waals surface area (Å²) in [6.45, 7) is 0. The Bertz CT molecular complexity index is 231. The van der Waals surface area contributed by atoms with Gasteiger partial charge in [-0.2, -0.15) is 4.37 Å². The first-order chi connectivity index (χ1) is 4.86. The summed E-state index contributed by atoms with van der Waals surface area (Å²) in [4.78, 5) is 0. The molecule has 1 aromatic rings. The van der Waals surface area contributed by atoms with Crippen molar-refractivity contribution >= 4 is 11.5 Å². The molecule has 1 aliphatic rings. The van der Waals surface area contributed by atoms with Crippen LogP contribution in [0.15, 0.2) is 5.38 Å². The molecule has 10 heavy (non-hydrogen) atoms. The number of hydrogen-bond acceptors (Lipinski definition) is 3. The summed E-state index contributed by atoms with van der Waals surface area (Å²) in [5, 5.41) is 2.14. The van der Waals surface area contributed by atoms with Crippen molar-refractivity contribution in [1.82, 2.24) is 4.37 Å². The van der Waals surface area contributed by atoms with E-state index >= 15 is 0 Å². The summed E-state index contributed by atoms with van der Waals surface area (Å²) in [6, 6.07) is 0.356. The Balaban J connectivity index is 2.30. The van der Waals surface area contributed by atoms with Gasteiger partial charge in [-0.15, -0.1) is 0 Å². The van der Waals surface area contributed by atoms with Gasteiger partial charge >= 0.3 is 0 Å². The van der Waals surface area contributed by atoms with Crippen LogP contribution in [-0.4, -0.2) is 10.4 Å². The molecule has 2 rings (SSSR count). The van der Waals surface area contributed by atoms with Crippen molar-refractivity contribution in [3.63, 3.8) is 0 Å². The molecule has 2 N–H and O–H groups in total. The van der Waals surface area contributed by atoms with Crippen LogP contribution < -0.4 is 5.73 Å². The van der Waals surface area contributed by atoms with E-state index < -0.39 is 0 Å². The van der Waals surface area contributed by atoms with Crippen molar-refractivity contribution in [1.29, 1.82) is 0 Å². The quantitative estimate of drug-likeness (QED) is 0.604. The molecule has 0 fully saturated rings. The van der Waals surface area contributed by atoms with Crippen LogP contribution in [0.5, 0.6) is 0 Å². The van der Waals surface area contributed by atoms with Gasteiger partial charge in [0.2, 0.25) is 0 Å². The second-order valence-electron chi connectivity index (χ2n) is 2.79. The molecule has 0 spiro atoms. The Morgan fingerprint density at radius 3 is 3.50 bits per heavy atom. The predicted molar refractivity (Wildman–Crippen MR) is 42.1 cm³/mol. The fourth-order valence-corrected chi connectivity index (χ4v) is 2.10. The van der Waals surface area contributed by atoms with Gasteiger partial charge in [-0.25, -0.2) is 0 Å². The molecule has 0 radical (unpaired) electrons. The van der Waals surface area contributed by atoms with Crippen molar-refractivity contribution in [3.8, 4) is 0 Å². The van der Waals surface area contributed by atoms with Gasteiger partial charge in [0.25, 0.3) is 0 Å². The zero-order valence-corrected chi connectivity index (χ0v) is 6.53. The number of rotatable bonds is 0. The van der Waals surface area contributed by atoms with Crippen molar-refractivity contribution < 1.29 is 0 Å². The van der Waals surface area contributed by atoms with Crippen LogP contribution in [0.4, 0.5) is 0 Å².